The zero-order valence-corrected chi connectivity index (χ0v) is 13.3. The monoisotopic (exact) mass is 343 g/mol. The van der Waals surface area contributed by atoms with E-state index in [0.717, 1.165) is 4.90 Å². The maximum Gasteiger partial charge on any atom is 0.262 e. The summed E-state index contributed by atoms with van der Waals surface area (Å²) in [4.78, 5) is 37.3. The van der Waals surface area contributed by atoms with Gasteiger partial charge >= 0.3 is 0 Å². The van der Waals surface area contributed by atoms with Gasteiger partial charge in [-0.05, 0) is 36.5 Å². The third-order valence-corrected chi connectivity index (χ3v) is 3.68. The molecule has 2 N–H and O–H groups in total. The van der Waals surface area contributed by atoms with E-state index in [2.05, 4.69) is 10.6 Å². The summed E-state index contributed by atoms with van der Waals surface area (Å²) in [5.74, 6) is -0.867. The SMILES string of the molecule is O=C(CN1C(=O)c2ccccc2C1=O)NC(=S)NCc1ccco1. The molecule has 8 heteroatoms. The number of thiocarbonyl (C=S) groups is 1. The summed E-state index contributed by atoms with van der Waals surface area (Å²) in [6, 6.07) is 9.95. The molecule has 2 heterocycles. The van der Waals surface area contributed by atoms with E-state index in [-0.39, 0.29) is 5.11 Å². The van der Waals surface area contributed by atoms with Crippen molar-refractivity contribution in [2.75, 3.05) is 6.54 Å². The number of hydrogen-bond donors (Lipinski definition) is 2. The molecule has 1 aliphatic heterocycles. The average molecular weight is 343 g/mol. The van der Waals surface area contributed by atoms with Gasteiger partial charge in [0, 0.05) is 0 Å². The summed E-state index contributed by atoms with van der Waals surface area (Å²) in [5, 5.41) is 5.32. The smallest absolute Gasteiger partial charge is 0.262 e. The van der Waals surface area contributed by atoms with Crippen molar-refractivity contribution in [1.29, 1.82) is 0 Å². The lowest BCUT2D eigenvalue weighted by molar-refractivity contribution is -0.120. The quantitative estimate of drug-likeness (QED) is 0.637. The summed E-state index contributed by atoms with van der Waals surface area (Å²) in [7, 11) is 0. The molecule has 3 rings (SSSR count). The summed E-state index contributed by atoms with van der Waals surface area (Å²) in [6.45, 7) is -0.0753. The predicted octanol–water partition coefficient (Wildman–Crippen LogP) is 1.07. The third-order valence-electron chi connectivity index (χ3n) is 3.44. The van der Waals surface area contributed by atoms with E-state index in [1.54, 1.807) is 36.4 Å². The molecule has 0 fully saturated rings. The molecule has 7 nitrogen and oxygen atoms in total. The van der Waals surface area contributed by atoms with Crippen molar-refractivity contribution in [3.8, 4) is 0 Å². The minimum Gasteiger partial charge on any atom is -0.467 e. The van der Waals surface area contributed by atoms with Crippen LogP contribution in [0.3, 0.4) is 0 Å². The fourth-order valence-corrected chi connectivity index (χ4v) is 2.50. The second-order valence-electron chi connectivity index (χ2n) is 5.05. The molecule has 122 valence electrons. The van der Waals surface area contributed by atoms with Gasteiger partial charge in [-0.3, -0.25) is 19.3 Å². The number of amides is 3. The number of imide groups is 1. The Hall–Kier alpha value is -3.00. The van der Waals surface area contributed by atoms with Crippen molar-refractivity contribution in [1.82, 2.24) is 15.5 Å². The highest BCUT2D eigenvalue weighted by Crippen LogP contribution is 2.21. The van der Waals surface area contributed by atoms with E-state index < -0.39 is 24.3 Å². The van der Waals surface area contributed by atoms with E-state index >= 15 is 0 Å². The van der Waals surface area contributed by atoms with Gasteiger partial charge < -0.3 is 15.1 Å². The van der Waals surface area contributed by atoms with E-state index in [4.69, 9.17) is 16.6 Å². The standard InChI is InChI=1S/C16H13N3O4S/c20-13(18-16(24)17-8-10-4-3-7-23-10)9-19-14(21)11-5-1-2-6-12(11)15(19)22/h1-7H,8-9H2,(H2,17,18,20,24). The Balaban J connectivity index is 1.55. The third kappa shape index (κ3) is 3.18. The van der Waals surface area contributed by atoms with Crippen molar-refractivity contribution in [2.45, 2.75) is 6.54 Å². The van der Waals surface area contributed by atoms with E-state index in [9.17, 15) is 14.4 Å². The molecule has 3 amide bonds. The number of rotatable bonds is 4. The van der Waals surface area contributed by atoms with Crippen LogP contribution in [0.2, 0.25) is 0 Å². The first-order valence-corrected chi connectivity index (χ1v) is 7.52. The number of fused-ring (bicyclic) bond motifs is 1. The van der Waals surface area contributed by atoms with Crippen LogP contribution >= 0.6 is 12.2 Å². The molecule has 1 aliphatic rings. The van der Waals surface area contributed by atoms with Gasteiger partial charge in [0.05, 0.1) is 23.9 Å². The summed E-state index contributed by atoms with van der Waals surface area (Å²) < 4.78 is 5.13. The van der Waals surface area contributed by atoms with Gasteiger partial charge in [0.1, 0.15) is 12.3 Å². The topological polar surface area (TPSA) is 91.7 Å². The van der Waals surface area contributed by atoms with Crippen LogP contribution in [0.5, 0.6) is 0 Å². The van der Waals surface area contributed by atoms with Crippen LogP contribution in [0, 0.1) is 0 Å². The lowest BCUT2D eigenvalue weighted by Crippen LogP contribution is -2.45. The number of nitrogens with one attached hydrogen (secondary N) is 2. The Morgan fingerprint density at radius 1 is 1.08 bits per heavy atom. The molecule has 0 radical (unpaired) electrons. The minimum absolute atomic E-state index is 0.0907. The fraction of sp³-hybridized carbons (Fsp3) is 0.125. The van der Waals surface area contributed by atoms with Gasteiger partial charge in [0.25, 0.3) is 11.8 Å². The van der Waals surface area contributed by atoms with Gasteiger partial charge in [-0.1, -0.05) is 12.1 Å². The number of nitrogens with zero attached hydrogens (tertiary/aromatic N) is 1. The molecule has 1 aromatic heterocycles. The van der Waals surface area contributed by atoms with Gasteiger partial charge in [-0.15, -0.1) is 0 Å². The molecular weight excluding hydrogens is 330 g/mol. The van der Waals surface area contributed by atoms with Crippen LogP contribution in [0.15, 0.2) is 47.1 Å². The number of carbonyl (C=O) groups is 3. The van der Waals surface area contributed by atoms with Crippen LogP contribution in [-0.2, 0) is 11.3 Å². The minimum atomic E-state index is -0.554. The Morgan fingerprint density at radius 2 is 1.75 bits per heavy atom. The first kappa shape index (κ1) is 15.9. The normalized spacial score (nSPS) is 12.9. The second kappa shape index (κ2) is 6.63. The molecule has 2 aromatic rings. The Morgan fingerprint density at radius 3 is 2.33 bits per heavy atom. The molecule has 24 heavy (non-hydrogen) atoms. The zero-order chi connectivity index (χ0) is 17.1. The molecule has 0 saturated heterocycles. The highest BCUT2D eigenvalue weighted by atomic mass is 32.1. The fourth-order valence-electron chi connectivity index (χ4n) is 2.32. The van der Waals surface area contributed by atoms with Crippen molar-refractivity contribution >= 4 is 35.1 Å². The lowest BCUT2D eigenvalue weighted by atomic mass is 10.1. The largest absolute Gasteiger partial charge is 0.467 e. The van der Waals surface area contributed by atoms with Crippen LogP contribution in [0.25, 0.3) is 0 Å². The summed E-state index contributed by atoms with van der Waals surface area (Å²) in [5.41, 5.74) is 0.600. The molecule has 0 unspecified atom stereocenters. The first-order chi connectivity index (χ1) is 11.6. The van der Waals surface area contributed by atoms with Crippen LogP contribution in [0.4, 0.5) is 0 Å². The highest BCUT2D eigenvalue weighted by molar-refractivity contribution is 7.80. The Kier molecular flexibility index (Phi) is 4.39. The van der Waals surface area contributed by atoms with E-state index in [0.29, 0.717) is 23.4 Å². The van der Waals surface area contributed by atoms with Crippen LogP contribution in [-0.4, -0.2) is 34.3 Å². The van der Waals surface area contributed by atoms with Crippen molar-refractivity contribution < 1.29 is 18.8 Å². The Labute approximate surface area is 142 Å². The first-order valence-electron chi connectivity index (χ1n) is 7.11. The van der Waals surface area contributed by atoms with E-state index in [1.807, 2.05) is 0 Å². The van der Waals surface area contributed by atoms with Crippen molar-refractivity contribution in [2.24, 2.45) is 0 Å². The van der Waals surface area contributed by atoms with E-state index in [1.165, 1.54) is 6.26 Å². The molecule has 0 saturated carbocycles. The molecular formula is C16H13N3O4S. The maximum absolute atomic E-state index is 12.2. The van der Waals surface area contributed by atoms with Crippen molar-refractivity contribution in [3.05, 3.63) is 59.5 Å². The number of carbonyl (C=O) groups excluding carboxylic acids is 3. The highest BCUT2D eigenvalue weighted by Gasteiger charge is 2.36. The predicted molar refractivity (Wildman–Crippen MR) is 88.1 cm³/mol. The Bertz CT molecular complexity index is 781. The van der Waals surface area contributed by atoms with Crippen LogP contribution < -0.4 is 10.6 Å². The summed E-state index contributed by atoms with van der Waals surface area (Å²) in [6.07, 6.45) is 1.53. The number of hydrogen-bond acceptors (Lipinski definition) is 5. The van der Waals surface area contributed by atoms with Gasteiger partial charge in [0.15, 0.2) is 5.11 Å². The molecule has 1 aromatic carbocycles. The van der Waals surface area contributed by atoms with Gasteiger partial charge in [-0.25, -0.2) is 0 Å². The average Bonchev–Trinajstić information content (AvgIpc) is 3.17. The molecule has 0 aliphatic carbocycles. The van der Waals surface area contributed by atoms with Crippen LogP contribution in [0.1, 0.15) is 26.5 Å². The molecule has 0 atom stereocenters. The second-order valence-corrected chi connectivity index (χ2v) is 5.46. The number of furan rings is 1. The lowest BCUT2D eigenvalue weighted by Gasteiger charge is -2.14. The van der Waals surface area contributed by atoms with Gasteiger partial charge in [0.2, 0.25) is 5.91 Å². The molecule has 0 spiro atoms. The molecule has 0 bridgehead atoms. The number of benzene rings is 1. The summed E-state index contributed by atoms with van der Waals surface area (Å²) >= 11 is 5.00. The van der Waals surface area contributed by atoms with Crippen molar-refractivity contribution in [3.63, 3.8) is 0 Å². The van der Waals surface area contributed by atoms with Gasteiger partial charge in [-0.2, -0.15) is 0 Å². The zero-order valence-electron chi connectivity index (χ0n) is 12.4. The maximum atomic E-state index is 12.2.